The van der Waals surface area contributed by atoms with Crippen LogP contribution in [0.2, 0.25) is 0 Å². The van der Waals surface area contributed by atoms with Crippen LogP contribution in [0.25, 0.3) is 0 Å². The number of rotatable bonds is 7. The molecule has 1 heterocycles. The second-order valence-electron chi connectivity index (χ2n) is 4.08. The lowest BCUT2D eigenvalue weighted by Gasteiger charge is -2.16. The molecule has 2 atom stereocenters. The van der Waals surface area contributed by atoms with E-state index >= 15 is 0 Å². The minimum absolute atomic E-state index is 0.350. The minimum atomic E-state index is 0.350. The lowest BCUT2D eigenvalue weighted by atomic mass is 10.1. The summed E-state index contributed by atoms with van der Waals surface area (Å²) in [6.07, 6.45) is 2.89. The van der Waals surface area contributed by atoms with Crippen molar-refractivity contribution in [1.82, 2.24) is 4.72 Å². The highest BCUT2D eigenvalue weighted by Gasteiger charge is 2.33. The maximum absolute atomic E-state index is 5.41. The van der Waals surface area contributed by atoms with Crippen molar-refractivity contribution in [2.45, 2.75) is 31.9 Å². The Kier molecular flexibility index (Phi) is 4.69. The van der Waals surface area contributed by atoms with Crippen molar-refractivity contribution in [3.05, 3.63) is 35.9 Å². The van der Waals surface area contributed by atoms with E-state index in [-0.39, 0.29) is 0 Å². The van der Waals surface area contributed by atoms with Gasteiger partial charge < -0.3 is 4.74 Å². The van der Waals surface area contributed by atoms with E-state index in [0.717, 1.165) is 6.61 Å². The molecule has 0 aromatic heterocycles. The van der Waals surface area contributed by atoms with Crippen LogP contribution in [0.1, 0.15) is 31.4 Å². The molecule has 88 valence electrons. The zero-order valence-electron chi connectivity index (χ0n) is 9.69. The van der Waals surface area contributed by atoms with Crippen LogP contribution in [0.4, 0.5) is 0 Å². The molecular formula is C13H19NOS. The van der Waals surface area contributed by atoms with E-state index in [2.05, 4.69) is 42.0 Å². The van der Waals surface area contributed by atoms with E-state index in [1.165, 1.54) is 24.2 Å². The predicted octanol–water partition coefficient (Wildman–Crippen LogP) is 3.16. The Morgan fingerprint density at radius 2 is 2.19 bits per heavy atom. The van der Waals surface area contributed by atoms with Crippen LogP contribution in [-0.2, 0) is 4.74 Å². The Balaban J connectivity index is 1.86. The summed E-state index contributed by atoms with van der Waals surface area (Å²) in [7, 11) is 0. The van der Waals surface area contributed by atoms with Crippen LogP contribution in [0.3, 0.4) is 0 Å². The fraction of sp³-hybridized carbons (Fsp3) is 0.538. The maximum atomic E-state index is 5.41. The first-order valence-corrected chi connectivity index (χ1v) is 6.94. The van der Waals surface area contributed by atoms with E-state index in [9.17, 15) is 0 Å². The zero-order valence-corrected chi connectivity index (χ0v) is 10.5. The Morgan fingerprint density at radius 1 is 1.44 bits per heavy atom. The molecule has 2 nitrogen and oxygen atoms in total. The van der Waals surface area contributed by atoms with Gasteiger partial charge in [-0.25, -0.2) is 0 Å². The van der Waals surface area contributed by atoms with Crippen molar-refractivity contribution in [3.8, 4) is 0 Å². The molecule has 1 aliphatic heterocycles. The Hall–Kier alpha value is -0.510. The lowest BCUT2D eigenvalue weighted by Crippen LogP contribution is -2.20. The number of hydrogen-bond donors (Lipinski definition) is 1. The van der Waals surface area contributed by atoms with E-state index in [1.807, 2.05) is 11.9 Å². The molecule has 1 aromatic rings. The van der Waals surface area contributed by atoms with Crippen LogP contribution >= 0.6 is 11.9 Å². The minimum Gasteiger partial charge on any atom is -0.371 e. The van der Waals surface area contributed by atoms with Crippen LogP contribution in [0.5, 0.6) is 0 Å². The summed E-state index contributed by atoms with van der Waals surface area (Å²) in [6, 6.07) is 10.9. The summed E-state index contributed by atoms with van der Waals surface area (Å²) in [5.74, 6) is 1.17. The van der Waals surface area contributed by atoms with E-state index in [4.69, 9.17) is 4.74 Å². The average molecular weight is 237 g/mol. The Bertz CT molecular complexity index is 300. The molecule has 0 unspecified atom stereocenters. The first-order valence-electron chi connectivity index (χ1n) is 5.95. The fourth-order valence-corrected chi connectivity index (χ4v) is 2.65. The van der Waals surface area contributed by atoms with Crippen molar-refractivity contribution in [1.29, 1.82) is 0 Å². The third-order valence-corrected chi connectivity index (χ3v) is 3.61. The van der Waals surface area contributed by atoms with E-state index in [1.54, 1.807) is 0 Å². The van der Waals surface area contributed by atoms with Crippen molar-refractivity contribution in [2.24, 2.45) is 0 Å². The number of benzene rings is 1. The third-order valence-electron chi connectivity index (χ3n) is 2.70. The SMILES string of the molecule is CCCCSN[C@H](c1ccccc1)[C@@H]1CO1. The molecule has 0 saturated carbocycles. The molecule has 1 aromatic carbocycles. The molecular weight excluding hydrogens is 218 g/mol. The maximum Gasteiger partial charge on any atom is 0.101 e. The van der Waals surface area contributed by atoms with Gasteiger partial charge in [-0.2, -0.15) is 0 Å². The van der Waals surface area contributed by atoms with Gasteiger partial charge in [0.25, 0.3) is 0 Å². The molecule has 1 fully saturated rings. The van der Waals surface area contributed by atoms with E-state index < -0.39 is 0 Å². The van der Waals surface area contributed by atoms with Crippen LogP contribution < -0.4 is 4.72 Å². The Morgan fingerprint density at radius 3 is 2.81 bits per heavy atom. The number of nitrogens with one attached hydrogen (secondary N) is 1. The zero-order chi connectivity index (χ0) is 11.2. The van der Waals surface area contributed by atoms with Gasteiger partial charge in [0.2, 0.25) is 0 Å². The molecule has 1 N–H and O–H groups in total. The van der Waals surface area contributed by atoms with Crippen LogP contribution in [0.15, 0.2) is 30.3 Å². The van der Waals surface area contributed by atoms with Gasteiger partial charge in [-0.05, 0) is 12.0 Å². The Labute approximate surface area is 102 Å². The molecule has 0 spiro atoms. The second-order valence-corrected chi connectivity index (χ2v) is 5.01. The summed E-state index contributed by atoms with van der Waals surface area (Å²) in [6.45, 7) is 3.11. The van der Waals surface area contributed by atoms with Gasteiger partial charge in [-0.3, -0.25) is 4.72 Å². The first-order chi connectivity index (χ1) is 7.92. The average Bonchev–Trinajstić information content (AvgIpc) is 3.15. The summed E-state index contributed by atoms with van der Waals surface area (Å²) in [5, 5.41) is 0. The third kappa shape index (κ3) is 3.51. The van der Waals surface area contributed by atoms with Crippen LogP contribution in [-0.4, -0.2) is 18.5 Å². The largest absolute Gasteiger partial charge is 0.371 e. The first kappa shape index (κ1) is 12.0. The van der Waals surface area contributed by atoms with Crippen molar-refractivity contribution in [3.63, 3.8) is 0 Å². The highest BCUT2D eigenvalue weighted by Crippen LogP contribution is 2.29. The molecule has 3 heteroatoms. The molecule has 0 radical (unpaired) electrons. The van der Waals surface area contributed by atoms with Crippen molar-refractivity contribution >= 4 is 11.9 Å². The van der Waals surface area contributed by atoms with Crippen molar-refractivity contribution in [2.75, 3.05) is 12.4 Å². The monoisotopic (exact) mass is 237 g/mol. The molecule has 0 aliphatic carbocycles. The molecule has 16 heavy (non-hydrogen) atoms. The summed E-state index contributed by atoms with van der Waals surface area (Å²) < 4.78 is 8.93. The lowest BCUT2D eigenvalue weighted by molar-refractivity contribution is 0.368. The van der Waals surface area contributed by atoms with Gasteiger partial charge in [0, 0.05) is 5.75 Å². The number of epoxide rings is 1. The molecule has 2 rings (SSSR count). The van der Waals surface area contributed by atoms with Gasteiger partial charge in [-0.15, -0.1) is 0 Å². The normalized spacial score (nSPS) is 20.7. The van der Waals surface area contributed by atoms with Crippen molar-refractivity contribution < 1.29 is 4.74 Å². The van der Waals surface area contributed by atoms with Gasteiger partial charge in [0.1, 0.15) is 6.10 Å². The quantitative estimate of drug-likeness (QED) is 0.448. The summed E-state index contributed by atoms with van der Waals surface area (Å²) in [4.78, 5) is 0. The van der Waals surface area contributed by atoms with Gasteiger partial charge >= 0.3 is 0 Å². The number of hydrogen-bond acceptors (Lipinski definition) is 3. The fourth-order valence-electron chi connectivity index (χ4n) is 1.63. The second kappa shape index (κ2) is 6.28. The predicted molar refractivity (Wildman–Crippen MR) is 69.4 cm³/mol. The molecule has 0 amide bonds. The smallest absolute Gasteiger partial charge is 0.101 e. The van der Waals surface area contributed by atoms with Crippen LogP contribution in [0, 0.1) is 0 Å². The number of unbranched alkanes of at least 4 members (excludes halogenated alkanes) is 1. The molecule has 1 aliphatic rings. The highest BCUT2D eigenvalue weighted by molar-refractivity contribution is 7.97. The molecule has 1 saturated heterocycles. The highest BCUT2D eigenvalue weighted by atomic mass is 32.2. The van der Waals surface area contributed by atoms with Gasteiger partial charge in [0.15, 0.2) is 0 Å². The number of ether oxygens (including phenoxy) is 1. The summed E-state index contributed by atoms with van der Waals surface area (Å²) >= 11 is 1.82. The van der Waals surface area contributed by atoms with Gasteiger partial charge in [-0.1, -0.05) is 55.6 Å². The standard InChI is InChI=1S/C13H19NOS/c1-2-3-9-16-14-13(12-10-15-12)11-7-5-4-6-8-11/h4-8,12-14H,2-3,9-10H2,1H3/t12-,13+/m0/s1. The van der Waals surface area contributed by atoms with E-state index in [0.29, 0.717) is 12.1 Å². The molecule has 0 bridgehead atoms. The van der Waals surface area contributed by atoms with Gasteiger partial charge in [0.05, 0.1) is 12.6 Å². The summed E-state index contributed by atoms with van der Waals surface area (Å²) in [5.41, 5.74) is 1.33. The topological polar surface area (TPSA) is 24.6 Å².